The van der Waals surface area contributed by atoms with Gasteiger partial charge < -0.3 is 10.6 Å². The minimum atomic E-state index is -0.358. The zero-order valence-electron chi connectivity index (χ0n) is 8.81. The maximum Gasteiger partial charge on any atom is 0.320 e. The molecule has 0 heterocycles. The smallest absolute Gasteiger partial charge is 0.320 e. The Morgan fingerprint density at radius 3 is 2.62 bits per heavy atom. The molecule has 0 spiro atoms. The molecule has 16 heavy (non-hydrogen) atoms. The minimum absolute atomic E-state index is 0.315. The fraction of sp³-hybridized carbons (Fsp3) is 0.333. The van der Waals surface area contributed by atoms with Crippen LogP contribution in [0.3, 0.4) is 0 Å². The number of urea groups is 1. The van der Waals surface area contributed by atoms with E-state index in [1.54, 1.807) is 12.1 Å². The number of benzene rings is 1. The van der Waals surface area contributed by atoms with Crippen molar-refractivity contribution in [2.24, 2.45) is 5.92 Å². The van der Waals surface area contributed by atoms with Crippen molar-refractivity contribution in [1.82, 2.24) is 5.32 Å². The molecular weight excluding hydrogens is 202 g/mol. The van der Waals surface area contributed by atoms with Gasteiger partial charge in [0.25, 0.3) is 0 Å². The Balaban J connectivity index is 1.87. The SMILES string of the molecule is N#CC(NC(=O)Nc1ccccc1)C1CC1. The van der Waals surface area contributed by atoms with Crippen LogP contribution < -0.4 is 10.6 Å². The molecule has 1 saturated carbocycles. The predicted octanol–water partition coefficient (Wildman–Crippen LogP) is 2.11. The average molecular weight is 215 g/mol. The fourth-order valence-corrected chi connectivity index (χ4v) is 1.51. The highest BCUT2D eigenvalue weighted by molar-refractivity contribution is 5.89. The van der Waals surface area contributed by atoms with E-state index in [9.17, 15) is 4.79 Å². The summed E-state index contributed by atoms with van der Waals surface area (Å²) in [6.45, 7) is 0. The lowest BCUT2D eigenvalue weighted by Crippen LogP contribution is -2.38. The topological polar surface area (TPSA) is 64.9 Å². The van der Waals surface area contributed by atoms with Crippen molar-refractivity contribution in [3.8, 4) is 6.07 Å². The molecule has 2 N–H and O–H groups in total. The van der Waals surface area contributed by atoms with Gasteiger partial charge in [0.05, 0.1) is 6.07 Å². The van der Waals surface area contributed by atoms with Crippen molar-refractivity contribution >= 4 is 11.7 Å². The first-order valence-corrected chi connectivity index (χ1v) is 5.32. The third kappa shape index (κ3) is 2.74. The van der Waals surface area contributed by atoms with Crippen LogP contribution >= 0.6 is 0 Å². The van der Waals surface area contributed by atoms with Gasteiger partial charge in [-0.25, -0.2) is 4.79 Å². The Kier molecular flexibility index (Phi) is 3.06. The number of carbonyl (C=O) groups excluding carboxylic acids is 1. The molecule has 0 saturated heterocycles. The summed E-state index contributed by atoms with van der Waals surface area (Å²) in [7, 11) is 0. The molecule has 1 aliphatic rings. The predicted molar refractivity (Wildman–Crippen MR) is 60.7 cm³/mol. The quantitative estimate of drug-likeness (QED) is 0.811. The van der Waals surface area contributed by atoms with Gasteiger partial charge in [-0.3, -0.25) is 0 Å². The Morgan fingerprint density at radius 2 is 2.06 bits per heavy atom. The summed E-state index contributed by atoms with van der Waals surface area (Å²) in [6.07, 6.45) is 2.06. The molecule has 0 aromatic heterocycles. The third-order valence-corrected chi connectivity index (χ3v) is 2.55. The van der Waals surface area contributed by atoms with Gasteiger partial charge in [0.2, 0.25) is 0 Å². The summed E-state index contributed by atoms with van der Waals surface area (Å²) in [4.78, 5) is 11.5. The Bertz CT molecular complexity index is 406. The summed E-state index contributed by atoms with van der Waals surface area (Å²) < 4.78 is 0. The van der Waals surface area contributed by atoms with Crippen molar-refractivity contribution in [3.05, 3.63) is 30.3 Å². The summed E-state index contributed by atoms with van der Waals surface area (Å²) in [5.41, 5.74) is 0.729. The van der Waals surface area contributed by atoms with Gasteiger partial charge in [0, 0.05) is 5.69 Å². The lowest BCUT2D eigenvalue weighted by atomic mass is 10.2. The maximum absolute atomic E-state index is 11.5. The molecule has 1 unspecified atom stereocenters. The van der Waals surface area contributed by atoms with Crippen LogP contribution in [0, 0.1) is 17.2 Å². The van der Waals surface area contributed by atoms with Crippen molar-refractivity contribution in [3.63, 3.8) is 0 Å². The van der Waals surface area contributed by atoms with Gasteiger partial charge in [-0.2, -0.15) is 5.26 Å². The van der Waals surface area contributed by atoms with Crippen LogP contribution in [-0.2, 0) is 0 Å². The number of carbonyl (C=O) groups is 1. The van der Waals surface area contributed by atoms with Crippen LogP contribution in [0.4, 0.5) is 10.5 Å². The summed E-state index contributed by atoms with van der Waals surface area (Å²) in [5.74, 6) is 0.339. The second-order valence-corrected chi connectivity index (χ2v) is 3.91. The zero-order valence-corrected chi connectivity index (χ0v) is 8.81. The number of rotatable bonds is 3. The Hall–Kier alpha value is -2.02. The van der Waals surface area contributed by atoms with Crippen LogP contribution in [-0.4, -0.2) is 12.1 Å². The standard InChI is InChI=1S/C12H13N3O/c13-8-11(9-6-7-9)15-12(16)14-10-4-2-1-3-5-10/h1-5,9,11H,6-7H2,(H2,14,15,16). The van der Waals surface area contributed by atoms with Crippen LogP contribution in [0.15, 0.2) is 30.3 Å². The van der Waals surface area contributed by atoms with Gasteiger partial charge in [0.1, 0.15) is 6.04 Å². The lowest BCUT2D eigenvalue weighted by Gasteiger charge is -2.11. The Morgan fingerprint density at radius 1 is 1.38 bits per heavy atom. The number of para-hydroxylation sites is 1. The molecule has 82 valence electrons. The van der Waals surface area contributed by atoms with Gasteiger partial charge in [-0.05, 0) is 30.9 Å². The maximum atomic E-state index is 11.5. The largest absolute Gasteiger partial charge is 0.322 e. The van der Waals surface area contributed by atoms with Crippen molar-refractivity contribution in [2.45, 2.75) is 18.9 Å². The number of anilines is 1. The van der Waals surface area contributed by atoms with E-state index in [0.717, 1.165) is 18.5 Å². The highest BCUT2D eigenvalue weighted by Gasteiger charge is 2.32. The van der Waals surface area contributed by atoms with E-state index in [2.05, 4.69) is 16.7 Å². The van der Waals surface area contributed by atoms with Gasteiger partial charge in [-0.15, -0.1) is 0 Å². The highest BCUT2D eigenvalue weighted by Crippen LogP contribution is 2.32. The second-order valence-electron chi connectivity index (χ2n) is 3.91. The van der Waals surface area contributed by atoms with Gasteiger partial charge >= 0.3 is 6.03 Å². The van der Waals surface area contributed by atoms with E-state index in [-0.39, 0.29) is 12.1 Å². The molecule has 0 bridgehead atoms. The molecule has 4 heteroatoms. The number of amides is 2. The molecule has 1 aliphatic carbocycles. The molecule has 1 atom stereocenters. The van der Waals surface area contributed by atoms with Crippen molar-refractivity contribution in [2.75, 3.05) is 5.32 Å². The minimum Gasteiger partial charge on any atom is -0.322 e. The van der Waals surface area contributed by atoms with E-state index < -0.39 is 0 Å². The zero-order chi connectivity index (χ0) is 11.4. The normalized spacial score (nSPS) is 15.9. The van der Waals surface area contributed by atoms with Gasteiger partial charge in [-0.1, -0.05) is 18.2 Å². The second kappa shape index (κ2) is 4.67. The number of nitrogens with one attached hydrogen (secondary N) is 2. The number of nitriles is 1. The molecule has 4 nitrogen and oxygen atoms in total. The van der Waals surface area contributed by atoms with E-state index >= 15 is 0 Å². The molecule has 2 rings (SSSR count). The average Bonchev–Trinajstić information content (AvgIpc) is 3.11. The molecule has 0 aliphatic heterocycles. The van der Waals surface area contributed by atoms with Crippen molar-refractivity contribution < 1.29 is 4.79 Å². The third-order valence-electron chi connectivity index (χ3n) is 2.55. The van der Waals surface area contributed by atoms with E-state index in [1.165, 1.54) is 0 Å². The highest BCUT2D eigenvalue weighted by atomic mass is 16.2. The summed E-state index contributed by atoms with van der Waals surface area (Å²) >= 11 is 0. The number of nitrogens with zero attached hydrogens (tertiary/aromatic N) is 1. The first kappa shape index (κ1) is 10.5. The monoisotopic (exact) mass is 215 g/mol. The van der Waals surface area contributed by atoms with Crippen LogP contribution in [0.2, 0.25) is 0 Å². The van der Waals surface area contributed by atoms with E-state index in [0.29, 0.717) is 5.92 Å². The number of hydrogen-bond donors (Lipinski definition) is 2. The molecule has 1 aromatic carbocycles. The van der Waals surface area contributed by atoms with E-state index in [1.807, 2.05) is 18.2 Å². The molecule has 0 radical (unpaired) electrons. The molecular formula is C12H13N3O. The van der Waals surface area contributed by atoms with Crippen LogP contribution in [0.1, 0.15) is 12.8 Å². The van der Waals surface area contributed by atoms with Gasteiger partial charge in [0.15, 0.2) is 0 Å². The van der Waals surface area contributed by atoms with Crippen LogP contribution in [0.25, 0.3) is 0 Å². The molecule has 1 aromatic rings. The number of hydrogen-bond acceptors (Lipinski definition) is 2. The first-order chi connectivity index (χ1) is 7.79. The fourth-order valence-electron chi connectivity index (χ4n) is 1.51. The first-order valence-electron chi connectivity index (χ1n) is 5.32. The summed E-state index contributed by atoms with van der Waals surface area (Å²) in [5, 5.41) is 14.2. The summed E-state index contributed by atoms with van der Waals surface area (Å²) in [6, 6.07) is 10.6. The van der Waals surface area contributed by atoms with Crippen molar-refractivity contribution in [1.29, 1.82) is 5.26 Å². The molecule has 2 amide bonds. The Labute approximate surface area is 94.3 Å². The molecule has 1 fully saturated rings. The van der Waals surface area contributed by atoms with Crippen LogP contribution in [0.5, 0.6) is 0 Å². The lowest BCUT2D eigenvalue weighted by molar-refractivity contribution is 0.249. The van der Waals surface area contributed by atoms with E-state index in [4.69, 9.17) is 5.26 Å².